The molecule has 156 valence electrons. The summed E-state index contributed by atoms with van der Waals surface area (Å²) in [4.78, 5) is 17.6. The van der Waals surface area contributed by atoms with Gasteiger partial charge in [-0.25, -0.2) is 0 Å². The van der Waals surface area contributed by atoms with Crippen molar-refractivity contribution in [3.05, 3.63) is 77.6 Å². The number of hydrogen-bond donors (Lipinski definition) is 0. The van der Waals surface area contributed by atoms with Gasteiger partial charge in [0.15, 0.2) is 11.5 Å². The minimum Gasteiger partial charge on any atom is -0.454 e. The monoisotopic (exact) mass is 414 g/mol. The number of amides is 1. The van der Waals surface area contributed by atoms with E-state index in [0.717, 1.165) is 25.3 Å². The molecule has 3 aromatic rings. The van der Waals surface area contributed by atoms with Crippen molar-refractivity contribution in [2.75, 3.05) is 33.0 Å². The van der Waals surface area contributed by atoms with Crippen molar-refractivity contribution in [3.8, 4) is 23.3 Å². The highest BCUT2D eigenvalue weighted by Crippen LogP contribution is 2.34. The van der Waals surface area contributed by atoms with Gasteiger partial charge in [-0.05, 0) is 23.8 Å². The quantitative estimate of drug-likeness (QED) is 0.656. The fourth-order valence-electron chi connectivity index (χ4n) is 4.09. The zero-order valence-corrected chi connectivity index (χ0v) is 17.0. The van der Waals surface area contributed by atoms with Gasteiger partial charge in [0, 0.05) is 50.7 Å². The molecule has 5 rings (SSSR count). The second-order valence-corrected chi connectivity index (χ2v) is 7.65. The normalized spacial score (nSPS) is 15.6. The van der Waals surface area contributed by atoms with Crippen LogP contribution in [0.3, 0.4) is 0 Å². The lowest BCUT2D eigenvalue weighted by Crippen LogP contribution is -2.48. The van der Waals surface area contributed by atoms with Crippen LogP contribution in [0.2, 0.25) is 0 Å². The van der Waals surface area contributed by atoms with Crippen LogP contribution in [0.4, 0.5) is 0 Å². The molecule has 7 nitrogen and oxygen atoms in total. The number of nitrogens with zero attached hydrogens (tertiary/aromatic N) is 4. The molecule has 31 heavy (non-hydrogen) atoms. The van der Waals surface area contributed by atoms with Crippen LogP contribution in [0.5, 0.6) is 11.5 Å². The lowest BCUT2D eigenvalue weighted by atomic mass is 10.1. The van der Waals surface area contributed by atoms with Gasteiger partial charge in [-0.1, -0.05) is 30.3 Å². The highest BCUT2D eigenvalue weighted by Gasteiger charge is 2.27. The maximum absolute atomic E-state index is 13.4. The topological polar surface area (TPSA) is 70.7 Å². The molecule has 0 aliphatic carbocycles. The van der Waals surface area contributed by atoms with Crippen LogP contribution >= 0.6 is 0 Å². The smallest absolute Gasteiger partial charge is 0.272 e. The van der Waals surface area contributed by atoms with Crippen molar-refractivity contribution in [3.63, 3.8) is 0 Å². The van der Waals surface area contributed by atoms with Crippen molar-refractivity contribution < 1.29 is 14.3 Å². The van der Waals surface area contributed by atoms with Crippen molar-refractivity contribution in [1.29, 1.82) is 5.26 Å². The van der Waals surface area contributed by atoms with Gasteiger partial charge >= 0.3 is 0 Å². The molecule has 0 unspecified atom stereocenters. The summed E-state index contributed by atoms with van der Waals surface area (Å²) in [6.07, 6.45) is 1.76. The maximum Gasteiger partial charge on any atom is 0.272 e. The molecule has 7 heteroatoms. The van der Waals surface area contributed by atoms with E-state index in [1.807, 2.05) is 41.3 Å². The molecule has 2 aromatic carbocycles. The third-order valence-corrected chi connectivity index (χ3v) is 5.75. The van der Waals surface area contributed by atoms with E-state index in [2.05, 4.69) is 23.1 Å². The molecule has 1 saturated heterocycles. The minimum atomic E-state index is -0.126. The fraction of sp³-hybridized carbons (Fsp3) is 0.250. The number of fused-ring (bicyclic) bond motifs is 1. The van der Waals surface area contributed by atoms with Crippen molar-refractivity contribution in [2.24, 2.45) is 0 Å². The average Bonchev–Trinajstić information content (AvgIpc) is 3.46. The third kappa shape index (κ3) is 3.74. The number of carbonyl (C=O) groups excluding carboxylic acids is 1. The molecule has 2 aliphatic heterocycles. The molecule has 3 heterocycles. The van der Waals surface area contributed by atoms with E-state index in [-0.39, 0.29) is 12.7 Å². The van der Waals surface area contributed by atoms with Gasteiger partial charge in [-0.3, -0.25) is 9.69 Å². The minimum absolute atomic E-state index is 0.126. The highest BCUT2D eigenvalue weighted by molar-refractivity contribution is 5.96. The van der Waals surface area contributed by atoms with Gasteiger partial charge < -0.3 is 18.9 Å². The molecule has 1 fully saturated rings. The number of benzene rings is 2. The Morgan fingerprint density at radius 2 is 1.74 bits per heavy atom. The second-order valence-electron chi connectivity index (χ2n) is 7.65. The van der Waals surface area contributed by atoms with Crippen LogP contribution in [0.1, 0.15) is 21.6 Å². The van der Waals surface area contributed by atoms with Gasteiger partial charge in [0.2, 0.25) is 6.79 Å². The van der Waals surface area contributed by atoms with E-state index >= 15 is 0 Å². The van der Waals surface area contributed by atoms with Gasteiger partial charge in [0.1, 0.15) is 11.8 Å². The summed E-state index contributed by atoms with van der Waals surface area (Å²) in [7, 11) is 0. The largest absolute Gasteiger partial charge is 0.454 e. The SMILES string of the molecule is N#Cc1ccn(-c2ccc3c(c2)OCO3)c1C(=O)N1CCN(Cc2ccccc2)CC1. The van der Waals surface area contributed by atoms with Crippen LogP contribution in [-0.4, -0.2) is 53.2 Å². The molecule has 0 spiro atoms. The standard InChI is InChI=1S/C24H22N4O3/c25-15-19-8-9-28(20-6-7-21-22(14-20)31-17-30-21)23(19)24(29)27-12-10-26(11-13-27)16-18-4-2-1-3-5-18/h1-9,14H,10-13,16-17H2. The Morgan fingerprint density at radius 1 is 0.968 bits per heavy atom. The summed E-state index contributed by atoms with van der Waals surface area (Å²) < 4.78 is 12.6. The second kappa shape index (κ2) is 8.17. The lowest BCUT2D eigenvalue weighted by Gasteiger charge is -2.35. The molecular weight excluding hydrogens is 392 g/mol. The predicted molar refractivity (Wildman–Crippen MR) is 114 cm³/mol. The van der Waals surface area contributed by atoms with Crippen LogP contribution < -0.4 is 9.47 Å². The Balaban J connectivity index is 1.34. The summed E-state index contributed by atoms with van der Waals surface area (Å²) in [5, 5.41) is 9.60. The zero-order valence-electron chi connectivity index (χ0n) is 17.0. The van der Waals surface area contributed by atoms with Gasteiger partial charge in [0.05, 0.1) is 5.56 Å². The van der Waals surface area contributed by atoms with Crippen LogP contribution in [0.15, 0.2) is 60.8 Å². The van der Waals surface area contributed by atoms with Gasteiger partial charge in [0.25, 0.3) is 5.91 Å². The first-order valence-electron chi connectivity index (χ1n) is 10.3. The summed E-state index contributed by atoms with van der Waals surface area (Å²) in [5.41, 5.74) is 2.79. The molecule has 1 aromatic heterocycles. The van der Waals surface area contributed by atoms with E-state index in [0.29, 0.717) is 35.8 Å². The van der Waals surface area contributed by atoms with Crippen LogP contribution in [0.25, 0.3) is 5.69 Å². The number of hydrogen-bond acceptors (Lipinski definition) is 5. The lowest BCUT2D eigenvalue weighted by molar-refractivity contribution is 0.0620. The molecule has 2 aliphatic rings. The average molecular weight is 414 g/mol. The Bertz CT molecular complexity index is 1140. The third-order valence-electron chi connectivity index (χ3n) is 5.75. The number of nitriles is 1. The molecule has 0 bridgehead atoms. The first-order chi connectivity index (χ1) is 15.2. The van der Waals surface area contributed by atoms with Crippen LogP contribution in [-0.2, 0) is 6.54 Å². The first kappa shape index (κ1) is 19.2. The number of rotatable bonds is 4. The molecule has 0 N–H and O–H groups in total. The number of aromatic nitrogens is 1. The highest BCUT2D eigenvalue weighted by atomic mass is 16.7. The van der Waals surface area contributed by atoms with E-state index < -0.39 is 0 Å². The van der Waals surface area contributed by atoms with Gasteiger partial charge in [-0.15, -0.1) is 0 Å². The van der Waals surface area contributed by atoms with Gasteiger partial charge in [-0.2, -0.15) is 5.26 Å². The zero-order chi connectivity index (χ0) is 21.2. The molecule has 0 atom stereocenters. The Morgan fingerprint density at radius 3 is 2.52 bits per heavy atom. The van der Waals surface area contributed by atoms with E-state index in [1.165, 1.54) is 5.56 Å². The Labute approximate surface area is 180 Å². The Kier molecular flexibility index (Phi) is 5.06. The molecule has 0 radical (unpaired) electrons. The van der Waals surface area contributed by atoms with Crippen molar-refractivity contribution in [1.82, 2.24) is 14.4 Å². The molecule has 1 amide bonds. The number of ether oxygens (including phenoxy) is 2. The molecular formula is C24H22N4O3. The number of carbonyl (C=O) groups is 1. The molecule has 0 saturated carbocycles. The Hall–Kier alpha value is -3.76. The van der Waals surface area contributed by atoms with Crippen molar-refractivity contribution in [2.45, 2.75) is 6.54 Å². The first-order valence-corrected chi connectivity index (χ1v) is 10.3. The fourth-order valence-corrected chi connectivity index (χ4v) is 4.09. The predicted octanol–water partition coefficient (Wildman–Crippen LogP) is 3.04. The van der Waals surface area contributed by atoms with Crippen molar-refractivity contribution >= 4 is 5.91 Å². The van der Waals surface area contributed by atoms with E-state index in [4.69, 9.17) is 9.47 Å². The van der Waals surface area contributed by atoms with E-state index in [1.54, 1.807) is 16.8 Å². The summed E-state index contributed by atoms with van der Waals surface area (Å²) in [5.74, 6) is 1.19. The van der Waals surface area contributed by atoms with Crippen LogP contribution in [0, 0.1) is 11.3 Å². The summed E-state index contributed by atoms with van der Waals surface area (Å²) in [6.45, 7) is 3.92. The summed E-state index contributed by atoms with van der Waals surface area (Å²) in [6, 6.07) is 19.7. The maximum atomic E-state index is 13.4. The number of piperazine rings is 1. The summed E-state index contributed by atoms with van der Waals surface area (Å²) >= 11 is 0. The van der Waals surface area contributed by atoms with E-state index in [9.17, 15) is 10.1 Å².